The van der Waals surface area contributed by atoms with Crippen LogP contribution >= 0.6 is 12.2 Å². The predicted octanol–water partition coefficient (Wildman–Crippen LogP) is 10.9. The quantitative estimate of drug-likeness (QED) is 0.0720. The SMILES string of the molecule is CCCCCCCCCCCCCCCCOc1ccccc1C=CC(=S)c1ccc(CCC)cc1. The molecule has 0 bridgehead atoms. The molecule has 0 N–H and O–H groups in total. The van der Waals surface area contributed by atoms with Gasteiger partial charge in [-0.1, -0.05) is 158 Å². The van der Waals surface area contributed by atoms with Crippen LogP contribution in [0.1, 0.15) is 127 Å². The van der Waals surface area contributed by atoms with E-state index in [-0.39, 0.29) is 0 Å². The Hall–Kier alpha value is -1.93. The first-order chi connectivity index (χ1) is 17.7. The Morgan fingerprint density at radius 2 is 1.22 bits per heavy atom. The van der Waals surface area contributed by atoms with E-state index in [1.165, 1.54) is 95.5 Å². The topological polar surface area (TPSA) is 9.23 Å². The van der Waals surface area contributed by atoms with Crippen molar-refractivity contribution in [3.63, 3.8) is 0 Å². The third-order valence-corrected chi connectivity index (χ3v) is 7.24. The van der Waals surface area contributed by atoms with Crippen LogP contribution in [0.4, 0.5) is 0 Å². The normalized spacial score (nSPS) is 11.3. The molecule has 0 aliphatic rings. The number of hydrogen-bond donors (Lipinski definition) is 0. The summed E-state index contributed by atoms with van der Waals surface area (Å²) in [7, 11) is 0. The summed E-state index contributed by atoms with van der Waals surface area (Å²) in [5.41, 5.74) is 3.56. The van der Waals surface area contributed by atoms with Gasteiger partial charge in [-0.2, -0.15) is 0 Å². The lowest BCUT2D eigenvalue weighted by Gasteiger charge is -2.09. The average molecular weight is 507 g/mol. The molecule has 2 heteroatoms. The highest BCUT2D eigenvalue weighted by Gasteiger charge is 2.02. The third kappa shape index (κ3) is 13.4. The van der Waals surface area contributed by atoms with E-state index in [1.807, 2.05) is 12.1 Å². The van der Waals surface area contributed by atoms with Crippen molar-refractivity contribution in [2.75, 3.05) is 6.61 Å². The Morgan fingerprint density at radius 3 is 1.81 bits per heavy atom. The van der Waals surface area contributed by atoms with Crippen molar-refractivity contribution in [3.05, 3.63) is 71.3 Å². The summed E-state index contributed by atoms with van der Waals surface area (Å²) in [6.45, 7) is 5.28. The van der Waals surface area contributed by atoms with Crippen LogP contribution in [0.25, 0.3) is 6.08 Å². The molecule has 0 aliphatic heterocycles. The lowest BCUT2D eigenvalue weighted by atomic mass is 10.0. The molecule has 0 fully saturated rings. The van der Waals surface area contributed by atoms with Gasteiger partial charge >= 0.3 is 0 Å². The highest BCUT2D eigenvalue weighted by Crippen LogP contribution is 2.21. The summed E-state index contributed by atoms with van der Waals surface area (Å²) in [4.78, 5) is 0.861. The number of thiocarbonyl (C=S) groups is 1. The van der Waals surface area contributed by atoms with Gasteiger partial charge in [-0.15, -0.1) is 0 Å². The van der Waals surface area contributed by atoms with Crippen molar-refractivity contribution in [1.29, 1.82) is 0 Å². The van der Waals surface area contributed by atoms with E-state index in [0.717, 1.165) is 41.2 Å². The molecule has 36 heavy (non-hydrogen) atoms. The molecule has 0 heterocycles. The zero-order valence-electron chi connectivity index (χ0n) is 23.1. The molecule has 0 spiro atoms. The largest absolute Gasteiger partial charge is 0.493 e. The van der Waals surface area contributed by atoms with E-state index < -0.39 is 0 Å². The van der Waals surface area contributed by atoms with E-state index in [1.54, 1.807) is 0 Å². The van der Waals surface area contributed by atoms with Gasteiger partial charge in [-0.25, -0.2) is 0 Å². The second-order valence-electron chi connectivity index (χ2n) is 10.1. The Balaban J connectivity index is 1.58. The smallest absolute Gasteiger partial charge is 0.126 e. The van der Waals surface area contributed by atoms with Crippen LogP contribution in [0, 0.1) is 0 Å². The number of benzene rings is 2. The maximum Gasteiger partial charge on any atom is 0.126 e. The van der Waals surface area contributed by atoms with E-state index in [9.17, 15) is 0 Å². The van der Waals surface area contributed by atoms with Crippen molar-refractivity contribution in [3.8, 4) is 5.75 Å². The molecule has 0 amide bonds. The summed E-state index contributed by atoms with van der Waals surface area (Å²) in [5.74, 6) is 0.949. The third-order valence-electron chi connectivity index (χ3n) is 6.87. The van der Waals surface area contributed by atoms with E-state index in [0.29, 0.717) is 0 Å². The second-order valence-corrected chi connectivity index (χ2v) is 10.6. The minimum atomic E-state index is 0.784. The summed E-state index contributed by atoms with van der Waals surface area (Å²) >= 11 is 5.65. The minimum absolute atomic E-state index is 0.784. The van der Waals surface area contributed by atoms with Crippen LogP contribution in [0.15, 0.2) is 54.6 Å². The maximum atomic E-state index is 6.13. The maximum absolute atomic E-state index is 6.13. The number of allylic oxidation sites excluding steroid dienone is 1. The fraction of sp³-hybridized carbons (Fsp3) is 0.559. The van der Waals surface area contributed by atoms with Crippen molar-refractivity contribution in [2.45, 2.75) is 117 Å². The molecule has 0 unspecified atom stereocenters. The van der Waals surface area contributed by atoms with Gasteiger partial charge in [0.15, 0.2) is 0 Å². The van der Waals surface area contributed by atoms with Crippen molar-refractivity contribution < 1.29 is 4.74 Å². The van der Waals surface area contributed by atoms with E-state index in [2.05, 4.69) is 62.4 Å². The molecule has 0 aromatic heterocycles. The number of para-hydroxylation sites is 1. The highest BCUT2D eigenvalue weighted by molar-refractivity contribution is 7.81. The highest BCUT2D eigenvalue weighted by atomic mass is 32.1. The standard InChI is InChI=1S/C34H50OS/c1-3-5-6-7-8-9-10-11-12-13-14-15-16-19-29-35-33-22-18-17-21-31(33)27-28-34(36)32-25-23-30(20-4-2)24-26-32/h17-18,21-28H,3-16,19-20,29H2,1-2H3. The van der Waals surface area contributed by atoms with Gasteiger partial charge in [0.25, 0.3) is 0 Å². The van der Waals surface area contributed by atoms with Crippen LogP contribution in [-0.4, -0.2) is 11.5 Å². The summed E-state index contributed by atoms with van der Waals surface area (Å²) in [6.07, 6.45) is 25.7. The average Bonchev–Trinajstić information content (AvgIpc) is 2.90. The lowest BCUT2D eigenvalue weighted by Crippen LogP contribution is -1.99. The van der Waals surface area contributed by atoms with Gasteiger partial charge in [-0.05, 0) is 42.2 Å². The first-order valence-corrected chi connectivity index (χ1v) is 15.2. The summed E-state index contributed by atoms with van der Waals surface area (Å²) in [6, 6.07) is 16.9. The molecule has 0 saturated carbocycles. The Morgan fingerprint density at radius 1 is 0.667 bits per heavy atom. The van der Waals surface area contributed by atoms with Crippen molar-refractivity contribution in [2.24, 2.45) is 0 Å². The van der Waals surface area contributed by atoms with E-state index in [4.69, 9.17) is 17.0 Å². The second kappa shape index (κ2) is 20.2. The molecular weight excluding hydrogens is 456 g/mol. The Labute approximate surface area is 227 Å². The van der Waals surface area contributed by atoms with Gasteiger partial charge in [0.1, 0.15) is 5.75 Å². The molecule has 2 rings (SSSR count). The minimum Gasteiger partial charge on any atom is -0.493 e. The molecule has 0 radical (unpaired) electrons. The number of unbranched alkanes of at least 4 members (excludes halogenated alkanes) is 13. The fourth-order valence-electron chi connectivity index (χ4n) is 4.61. The molecular formula is C34H50OS. The molecule has 2 aromatic carbocycles. The van der Waals surface area contributed by atoms with Gasteiger partial charge in [0.05, 0.1) is 6.61 Å². The number of aryl methyl sites for hydroxylation is 1. The molecule has 0 atom stereocenters. The van der Waals surface area contributed by atoms with Crippen LogP contribution in [0.5, 0.6) is 5.75 Å². The molecule has 198 valence electrons. The van der Waals surface area contributed by atoms with Crippen LogP contribution in [0.3, 0.4) is 0 Å². The summed E-state index contributed by atoms with van der Waals surface area (Å²) in [5, 5.41) is 0. The monoisotopic (exact) mass is 506 g/mol. The van der Waals surface area contributed by atoms with Crippen molar-refractivity contribution >= 4 is 23.2 Å². The summed E-state index contributed by atoms with van der Waals surface area (Å²) < 4.78 is 6.13. The molecule has 0 saturated heterocycles. The van der Waals surface area contributed by atoms with E-state index >= 15 is 0 Å². The number of hydrogen-bond acceptors (Lipinski definition) is 2. The van der Waals surface area contributed by atoms with Gasteiger partial charge in [0, 0.05) is 10.4 Å². The fourth-order valence-corrected chi connectivity index (χ4v) is 4.82. The van der Waals surface area contributed by atoms with Gasteiger partial charge in [0.2, 0.25) is 0 Å². The first-order valence-electron chi connectivity index (χ1n) is 14.8. The first kappa shape index (κ1) is 30.3. The molecule has 0 aliphatic carbocycles. The van der Waals surface area contributed by atoms with Crippen molar-refractivity contribution in [1.82, 2.24) is 0 Å². The predicted molar refractivity (Wildman–Crippen MR) is 163 cm³/mol. The van der Waals surface area contributed by atoms with Gasteiger partial charge < -0.3 is 4.74 Å². The zero-order chi connectivity index (χ0) is 25.7. The van der Waals surface area contributed by atoms with Crippen LogP contribution in [0.2, 0.25) is 0 Å². The number of ether oxygens (including phenoxy) is 1. The zero-order valence-corrected chi connectivity index (χ0v) is 23.9. The Kier molecular flexibility index (Phi) is 17.0. The van der Waals surface area contributed by atoms with Gasteiger partial charge in [-0.3, -0.25) is 0 Å². The number of rotatable bonds is 21. The lowest BCUT2D eigenvalue weighted by molar-refractivity contribution is 0.303. The van der Waals surface area contributed by atoms with Crippen LogP contribution < -0.4 is 4.74 Å². The van der Waals surface area contributed by atoms with Crippen LogP contribution in [-0.2, 0) is 6.42 Å². The Bertz CT molecular complexity index is 852. The molecule has 1 nitrogen and oxygen atoms in total. The molecule has 2 aromatic rings.